The highest BCUT2D eigenvalue weighted by Crippen LogP contribution is 2.26. The zero-order valence-electron chi connectivity index (χ0n) is 10.3. The van der Waals surface area contributed by atoms with E-state index in [9.17, 15) is 4.39 Å². The van der Waals surface area contributed by atoms with Gasteiger partial charge in [0.05, 0.1) is 4.47 Å². The van der Waals surface area contributed by atoms with Crippen LogP contribution in [0, 0.1) is 5.82 Å². The molecule has 0 aliphatic carbocycles. The standard InChI is InChI=1S/C14H18BrClFN/c15-14-11(4-3-6-13(14)17)10-18-9-2-1-5-12(18)7-8-16/h3-4,6,12H,1-2,5,7-10H2. The van der Waals surface area contributed by atoms with E-state index in [1.807, 2.05) is 6.07 Å². The van der Waals surface area contributed by atoms with E-state index in [2.05, 4.69) is 20.8 Å². The van der Waals surface area contributed by atoms with Crippen LogP contribution in [0.1, 0.15) is 31.2 Å². The number of hydrogen-bond acceptors (Lipinski definition) is 1. The Kier molecular flexibility index (Phi) is 5.46. The molecule has 0 amide bonds. The Labute approximate surface area is 121 Å². The molecule has 1 aliphatic rings. The van der Waals surface area contributed by atoms with Crippen molar-refractivity contribution in [1.29, 1.82) is 0 Å². The maximum Gasteiger partial charge on any atom is 0.137 e. The molecule has 1 nitrogen and oxygen atoms in total. The van der Waals surface area contributed by atoms with Gasteiger partial charge < -0.3 is 0 Å². The van der Waals surface area contributed by atoms with E-state index >= 15 is 0 Å². The van der Waals surface area contributed by atoms with Crippen LogP contribution in [0.25, 0.3) is 0 Å². The van der Waals surface area contributed by atoms with E-state index in [0.717, 1.165) is 25.1 Å². The zero-order valence-corrected chi connectivity index (χ0v) is 12.7. The quantitative estimate of drug-likeness (QED) is 0.729. The van der Waals surface area contributed by atoms with Crippen molar-refractivity contribution >= 4 is 27.5 Å². The third kappa shape index (κ3) is 3.46. The van der Waals surface area contributed by atoms with Gasteiger partial charge in [-0.15, -0.1) is 11.6 Å². The van der Waals surface area contributed by atoms with Crippen molar-refractivity contribution in [2.75, 3.05) is 12.4 Å². The first-order valence-electron chi connectivity index (χ1n) is 6.45. The van der Waals surface area contributed by atoms with Crippen molar-refractivity contribution < 1.29 is 4.39 Å². The Bertz CT molecular complexity index is 397. The molecule has 1 saturated heterocycles. The van der Waals surface area contributed by atoms with Crippen LogP contribution < -0.4 is 0 Å². The van der Waals surface area contributed by atoms with Crippen LogP contribution in [0.2, 0.25) is 0 Å². The molecule has 1 aromatic rings. The van der Waals surface area contributed by atoms with Crippen LogP contribution in [0.5, 0.6) is 0 Å². The third-order valence-electron chi connectivity index (χ3n) is 3.60. The molecule has 1 heterocycles. The van der Waals surface area contributed by atoms with Gasteiger partial charge in [-0.1, -0.05) is 18.6 Å². The largest absolute Gasteiger partial charge is 0.296 e. The van der Waals surface area contributed by atoms with Crippen molar-refractivity contribution in [3.8, 4) is 0 Å². The van der Waals surface area contributed by atoms with E-state index in [4.69, 9.17) is 11.6 Å². The Balaban J connectivity index is 2.08. The first-order chi connectivity index (χ1) is 8.72. The summed E-state index contributed by atoms with van der Waals surface area (Å²) in [4.78, 5) is 2.44. The second-order valence-electron chi connectivity index (χ2n) is 4.81. The van der Waals surface area contributed by atoms with E-state index in [0.29, 0.717) is 16.4 Å². The molecule has 1 unspecified atom stereocenters. The molecule has 0 aromatic heterocycles. The number of alkyl halides is 1. The fourth-order valence-corrected chi connectivity index (χ4v) is 3.25. The molecule has 100 valence electrons. The summed E-state index contributed by atoms with van der Waals surface area (Å²) < 4.78 is 14.1. The minimum absolute atomic E-state index is 0.182. The van der Waals surface area contributed by atoms with Crippen LogP contribution in [-0.2, 0) is 6.54 Å². The maximum absolute atomic E-state index is 13.5. The van der Waals surface area contributed by atoms with Crippen molar-refractivity contribution in [3.05, 3.63) is 34.1 Å². The Morgan fingerprint density at radius 2 is 2.22 bits per heavy atom. The van der Waals surface area contributed by atoms with Gasteiger partial charge in [0.15, 0.2) is 0 Å². The fraction of sp³-hybridized carbons (Fsp3) is 0.571. The van der Waals surface area contributed by atoms with Crippen LogP contribution >= 0.6 is 27.5 Å². The molecule has 1 atom stereocenters. The lowest BCUT2D eigenvalue weighted by Crippen LogP contribution is -2.39. The number of halogens is 3. The second-order valence-corrected chi connectivity index (χ2v) is 5.98. The first kappa shape index (κ1) is 14.3. The average Bonchev–Trinajstić information content (AvgIpc) is 2.37. The molecule has 2 rings (SSSR count). The van der Waals surface area contributed by atoms with Crippen molar-refractivity contribution in [2.24, 2.45) is 0 Å². The Morgan fingerprint density at radius 1 is 1.39 bits per heavy atom. The monoisotopic (exact) mass is 333 g/mol. The minimum Gasteiger partial charge on any atom is -0.296 e. The topological polar surface area (TPSA) is 3.24 Å². The fourth-order valence-electron chi connectivity index (χ4n) is 2.61. The van der Waals surface area contributed by atoms with Crippen molar-refractivity contribution in [2.45, 2.75) is 38.3 Å². The molecule has 1 aromatic carbocycles. The highest BCUT2D eigenvalue weighted by molar-refractivity contribution is 9.10. The van der Waals surface area contributed by atoms with Gasteiger partial charge in [0, 0.05) is 18.5 Å². The van der Waals surface area contributed by atoms with Gasteiger partial charge in [-0.05, 0) is 53.4 Å². The van der Waals surface area contributed by atoms with Crippen molar-refractivity contribution in [1.82, 2.24) is 4.90 Å². The lowest BCUT2D eigenvalue weighted by atomic mass is 9.99. The highest BCUT2D eigenvalue weighted by Gasteiger charge is 2.22. The summed E-state index contributed by atoms with van der Waals surface area (Å²) in [6.07, 6.45) is 4.74. The van der Waals surface area contributed by atoms with E-state index in [1.165, 1.54) is 25.3 Å². The molecule has 0 saturated carbocycles. The summed E-state index contributed by atoms with van der Waals surface area (Å²) in [7, 11) is 0. The van der Waals surface area contributed by atoms with Crippen LogP contribution in [0.4, 0.5) is 4.39 Å². The summed E-state index contributed by atoms with van der Waals surface area (Å²) in [5.74, 6) is 0.518. The third-order valence-corrected chi connectivity index (χ3v) is 4.70. The Morgan fingerprint density at radius 3 is 3.00 bits per heavy atom. The van der Waals surface area contributed by atoms with Gasteiger partial charge in [-0.25, -0.2) is 4.39 Å². The van der Waals surface area contributed by atoms with E-state index in [1.54, 1.807) is 6.07 Å². The summed E-state index contributed by atoms with van der Waals surface area (Å²) in [5.41, 5.74) is 1.02. The van der Waals surface area contributed by atoms with Gasteiger partial charge in [-0.2, -0.15) is 0 Å². The van der Waals surface area contributed by atoms with Gasteiger partial charge in [0.1, 0.15) is 5.82 Å². The smallest absolute Gasteiger partial charge is 0.137 e. The molecule has 0 N–H and O–H groups in total. The number of likely N-dealkylation sites (tertiary alicyclic amines) is 1. The first-order valence-corrected chi connectivity index (χ1v) is 7.78. The molecule has 1 aliphatic heterocycles. The molecule has 0 radical (unpaired) electrons. The molecule has 4 heteroatoms. The predicted octanol–water partition coefficient (Wildman–Crippen LogP) is 4.57. The maximum atomic E-state index is 13.5. The molecule has 0 spiro atoms. The molecule has 1 fully saturated rings. The summed E-state index contributed by atoms with van der Waals surface area (Å²) in [6, 6.07) is 5.79. The Hall–Kier alpha value is -0.120. The van der Waals surface area contributed by atoms with Crippen LogP contribution in [-0.4, -0.2) is 23.4 Å². The normalized spacial score (nSPS) is 21.2. The highest BCUT2D eigenvalue weighted by atomic mass is 79.9. The zero-order chi connectivity index (χ0) is 13.0. The summed E-state index contributed by atoms with van der Waals surface area (Å²) >= 11 is 9.20. The molecule has 0 bridgehead atoms. The van der Waals surface area contributed by atoms with E-state index in [-0.39, 0.29) is 5.82 Å². The minimum atomic E-state index is -0.182. The van der Waals surface area contributed by atoms with Gasteiger partial charge in [0.2, 0.25) is 0 Å². The van der Waals surface area contributed by atoms with Crippen LogP contribution in [0.3, 0.4) is 0 Å². The predicted molar refractivity (Wildman–Crippen MR) is 77.5 cm³/mol. The van der Waals surface area contributed by atoms with Gasteiger partial charge in [0.25, 0.3) is 0 Å². The molecule has 18 heavy (non-hydrogen) atoms. The van der Waals surface area contributed by atoms with E-state index < -0.39 is 0 Å². The molecular formula is C14H18BrClFN. The van der Waals surface area contributed by atoms with Gasteiger partial charge >= 0.3 is 0 Å². The summed E-state index contributed by atoms with van der Waals surface area (Å²) in [6.45, 7) is 1.89. The summed E-state index contributed by atoms with van der Waals surface area (Å²) in [5, 5.41) is 0. The number of nitrogens with zero attached hydrogens (tertiary/aromatic N) is 1. The lowest BCUT2D eigenvalue weighted by molar-refractivity contribution is 0.136. The number of piperidine rings is 1. The van der Waals surface area contributed by atoms with Crippen molar-refractivity contribution in [3.63, 3.8) is 0 Å². The van der Waals surface area contributed by atoms with Gasteiger partial charge in [-0.3, -0.25) is 4.90 Å². The second kappa shape index (κ2) is 6.88. The number of hydrogen-bond donors (Lipinski definition) is 0. The average molecular weight is 335 g/mol. The number of rotatable bonds is 4. The number of benzene rings is 1. The lowest BCUT2D eigenvalue weighted by Gasteiger charge is -2.35. The molecular weight excluding hydrogens is 317 g/mol. The van der Waals surface area contributed by atoms with Crippen LogP contribution in [0.15, 0.2) is 22.7 Å². The SMILES string of the molecule is Fc1cccc(CN2CCCCC2CCCl)c1Br.